The molecule has 1 atom stereocenters. The molecule has 1 aliphatic rings. The van der Waals surface area contributed by atoms with Crippen molar-refractivity contribution in [3.8, 4) is 0 Å². The maximum atomic E-state index is 5.32. The molecule has 0 saturated carbocycles. The first-order chi connectivity index (χ1) is 5.86. The second kappa shape index (κ2) is 5.51. The molecule has 1 rings (SSSR count). The fourth-order valence-corrected chi connectivity index (χ4v) is 1.63. The van der Waals surface area contributed by atoms with Crippen LogP contribution in [0.25, 0.3) is 0 Å². The Morgan fingerprint density at radius 1 is 1.42 bits per heavy atom. The number of nitrogens with zero attached hydrogens (tertiary/aromatic N) is 1. The lowest BCUT2D eigenvalue weighted by Gasteiger charge is -2.31. The van der Waals surface area contributed by atoms with Gasteiger partial charge >= 0.3 is 0 Å². The average Bonchev–Trinajstić information content (AvgIpc) is 2.15. The van der Waals surface area contributed by atoms with Crippen molar-refractivity contribution in [2.75, 3.05) is 40.5 Å². The molecule has 12 heavy (non-hydrogen) atoms. The Hall–Kier alpha value is -0.120. The van der Waals surface area contributed by atoms with Gasteiger partial charge in [0.15, 0.2) is 0 Å². The molecule has 0 aromatic carbocycles. The molecule has 0 aromatic rings. The molecular formula is C9H19NO2. The Morgan fingerprint density at radius 3 is 2.92 bits per heavy atom. The quantitative estimate of drug-likeness (QED) is 0.626. The van der Waals surface area contributed by atoms with Gasteiger partial charge in [-0.05, 0) is 19.4 Å². The minimum absolute atomic E-state index is 0.440. The third-order valence-electron chi connectivity index (χ3n) is 2.41. The van der Waals surface area contributed by atoms with Crippen molar-refractivity contribution in [1.82, 2.24) is 4.90 Å². The number of rotatable bonds is 4. The normalized spacial score (nSPS) is 26.0. The van der Waals surface area contributed by atoms with Crippen molar-refractivity contribution in [3.63, 3.8) is 0 Å². The predicted molar refractivity (Wildman–Crippen MR) is 48.3 cm³/mol. The van der Waals surface area contributed by atoms with E-state index >= 15 is 0 Å². The van der Waals surface area contributed by atoms with Crippen LogP contribution in [-0.4, -0.2) is 51.5 Å². The second-order valence-corrected chi connectivity index (χ2v) is 3.29. The summed E-state index contributed by atoms with van der Waals surface area (Å²) in [6, 6.07) is 0. The maximum absolute atomic E-state index is 5.32. The standard InChI is InChI=1S/C9H19NO2/c1-11-7-6-10-5-3-4-9(8-10)12-2/h9H,3-8H2,1-2H3/t9-/m1/s1. The molecule has 0 spiro atoms. The number of methoxy groups -OCH3 is 2. The molecule has 0 unspecified atom stereocenters. The molecule has 3 nitrogen and oxygen atoms in total. The minimum atomic E-state index is 0.440. The lowest BCUT2D eigenvalue weighted by molar-refractivity contribution is 0.0226. The van der Waals surface area contributed by atoms with E-state index in [0.29, 0.717) is 6.10 Å². The van der Waals surface area contributed by atoms with E-state index in [4.69, 9.17) is 9.47 Å². The van der Waals surface area contributed by atoms with Gasteiger partial charge in [0.1, 0.15) is 0 Å². The smallest absolute Gasteiger partial charge is 0.0698 e. The number of ether oxygens (including phenoxy) is 2. The molecule has 0 aromatic heterocycles. The first kappa shape index (κ1) is 9.96. The molecule has 1 aliphatic heterocycles. The Labute approximate surface area is 74.6 Å². The zero-order valence-corrected chi connectivity index (χ0v) is 8.08. The van der Waals surface area contributed by atoms with Crippen molar-refractivity contribution in [1.29, 1.82) is 0 Å². The van der Waals surface area contributed by atoms with Crippen molar-refractivity contribution >= 4 is 0 Å². The molecule has 3 heteroatoms. The van der Waals surface area contributed by atoms with Crippen molar-refractivity contribution in [3.05, 3.63) is 0 Å². The van der Waals surface area contributed by atoms with E-state index in [-0.39, 0.29) is 0 Å². The van der Waals surface area contributed by atoms with Gasteiger partial charge in [-0.3, -0.25) is 4.90 Å². The highest BCUT2D eigenvalue weighted by Crippen LogP contribution is 2.11. The average molecular weight is 173 g/mol. The van der Waals surface area contributed by atoms with Crippen LogP contribution < -0.4 is 0 Å². The van der Waals surface area contributed by atoms with E-state index in [2.05, 4.69) is 4.90 Å². The van der Waals surface area contributed by atoms with Crippen LogP contribution in [0.1, 0.15) is 12.8 Å². The van der Waals surface area contributed by atoms with Crippen LogP contribution in [-0.2, 0) is 9.47 Å². The van der Waals surface area contributed by atoms with Crippen molar-refractivity contribution in [2.24, 2.45) is 0 Å². The molecule has 1 fully saturated rings. The Bertz CT molecular complexity index is 119. The van der Waals surface area contributed by atoms with E-state index in [9.17, 15) is 0 Å². The highest BCUT2D eigenvalue weighted by molar-refractivity contribution is 4.72. The SMILES string of the molecule is COCCN1CCC[C@@H](OC)C1. The molecule has 0 amide bonds. The molecular weight excluding hydrogens is 154 g/mol. The van der Waals surface area contributed by atoms with Crippen LogP contribution >= 0.6 is 0 Å². The largest absolute Gasteiger partial charge is 0.383 e. The molecule has 0 bridgehead atoms. The summed E-state index contributed by atoms with van der Waals surface area (Å²) in [5.74, 6) is 0. The molecule has 0 radical (unpaired) electrons. The number of likely N-dealkylation sites (tertiary alicyclic amines) is 1. The summed E-state index contributed by atoms with van der Waals surface area (Å²) in [5, 5.41) is 0. The highest BCUT2D eigenvalue weighted by Gasteiger charge is 2.18. The van der Waals surface area contributed by atoms with Gasteiger partial charge in [-0.15, -0.1) is 0 Å². The van der Waals surface area contributed by atoms with Crippen LogP contribution in [0.2, 0.25) is 0 Å². The Kier molecular flexibility index (Phi) is 4.58. The van der Waals surface area contributed by atoms with Gasteiger partial charge < -0.3 is 9.47 Å². The predicted octanol–water partition coefficient (Wildman–Crippen LogP) is 0.744. The lowest BCUT2D eigenvalue weighted by Crippen LogP contribution is -2.40. The fourth-order valence-electron chi connectivity index (χ4n) is 1.63. The molecule has 1 heterocycles. The molecule has 1 saturated heterocycles. The first-order valence-corrected chi connectivity index (χ1v) is 4.61. The molecule has 0 N–H and O–H groups in total. The van der Waals surface area contributed by atoms with E-state index in [1.165, 1.54) is 19.4 Å². The van der Waals surface area contributed by atoms with E-state index < -0.39 is 0 Å². The summed E-state index contributed by atoms with van der Waals surface area (Å²) in [6.07, 6.45) is 2.90. The van der Waals surface area contributed by atoms with Crippen molar-refractivity contribution in [2.45, 2.75) is 18.9 Å². The van der Waals surface area contributed by atoms with Gasteiger partial charge in [0.2, 0.25) is 0 Å². The minimum Gasteiger partial charge on any atom is -0.383 e. The van der Waals surface area contributed by atoms with Crippen molar-refractivity contribution < 1.29 is 9.47 Å². The van der Waals surface area contributed by atoms with E-state index in [0.717, 1.165) is 19.7 Å². The highest BCUT2D eigenvalue weighted by atomic mass is 16.5. The third kappa shape index (κ3) is 3.09. The summed E-state index contributed by atoms with van der Waals surface area (Å²) in [7, 11) is 3.54. The Morgan fingerprint density at radius 2 is 2.25 bits per heavy atom. The van der Waals surface area contributed by atoms with Crippen LogP contribution in [0.4, 0.5) is 0 Å². The van der Waals surface area contributed by atoms with E-state index in [1.807, 2.05) is 0 Å². The summed E-state index contributed by atoms with van der Waals surface area (Å²) < 4.78 is 10.3. The van der Waals surface area contributed by atoms with Gasteiger partial charge in [0, 0.05) is 27.3 Å². The van der Waals surface area contributed by atoms with Gasteiger partial charge in [0.05, 0.1) is 12.7 Å². The van der Waals surface area contributed by atoms with Gasteiger partial charge in [-0.1, -0.05) is 0 Å². The van der Waals surface area contributed by atoms with E-state index in [1.54, 1.807) is 14.2 Å². The maximum Gasteiger partial charge on any atom is 0.0698 e. The first-order valence-electron chi connectivity index (χ1n) is 4.61. The third-order valence-corrected chi connectivity index (χ3v) is 2.41. The lowest BCUT2D eigenvalue weighted by atomic mass is 10.1. The van der Waals surface area contributed by atoms with Gasteiger partial charge in [-0.25, -0.2) is 0 Å². The monoisotopic (exact) mass is 173 g/mol. The fraction of sp³-hybridized carbons (Fsp3) is 1.00. The number of hydrogen-bond donors (Lipinski definition) is 0. The zero-order valence-electron chi connectivity index (χ0n) is 8.08. The Balaban J connectivity index is 2.16. The van der Waals surface area contributed by atoms with Gasteiger partial charge in [-0.2, -0.15) is 0 Å². The molecule has 0 aliphatic carbocycles. The van der Waals surface area contributed by atoms with Crippen LogP contribution in [0.15, 0.2) is 0 Å². The zero-order chi connectivity index (χ0) is 8.81. The van der Waals surface area contributed by atoms with Crippen LogP contribution in [0, 0.1) is 0 Å². The molecule has 72 valence electrons. The summed E-state index contributed by atoms with van der Waals surface area (Å²) in [4.78, 5) is 2.40. The summed E-state index contributed by atoms with van der Waals surface area (Å²) >= 11 is 0. The summed E-state index contributed by atoms with van der Waals surface area (Å²) in [5.41, 5.74) is 0. The number of hydrogen-bond acceptors (Lipinski definition) is 3. The topological polar surface area (TPSA) is 21.7 Å². The van der Waals surface area contributed by atoms with Gasteiger partial charge in [0.25, 0.3) is 0 Å². The number of piperidine rings is 1. The second-order valence-electron chi connectivity index (χ2n) is 3.29. The van der Waals surface area contributed by atoms with Crippen LogP contribution in [0.5, 0.6) is 0 Å². The van der Waals surface area contributed by atoms with Crippen LogP contribution in [0.3, 0.4) is 0 Å². The summed E-state index contributed by atoms with van der Waals surface area (Å²) in [6.45, 7) is 4.13.